The maximum atomic E-state index is 14.7. The number of aromatic nitrogens is 2. The highest BCUT2D eigenvalue weighted by Gasteiger charge is 2.42. The van der Waals surface area contributed by atoms with E-state index in [9.17, 15) is 28.0 Å². The molecule has 2 aromatic carbocycles. The number of nitrogens with one attached hydrogen (secondary N) is 4. The van der Waals surface area contributed by atoms with Crippen LogP contribution in [0.25, 0.3) is 10.9 Å². The van der Waals surface area contributed by atoms with Crippen molar-refractivity contribution >= 4 is 75.7 Å². The molecule has 1 saturated heterocycles. The molecule has 2 heterocycles. The molecule has 0 unspecified atom stereocenters. The van der Waals surface area contributed by atoms with Gasteiger partial charge in [-0.1, -0.05) is 39.0 Å². The number of methoxy groups -OCH3 is 1. The summed E-state index contributed by atoms with van der Waals surface area (Å²) < 4.78 is 33.9. The standard InChI is InChI=1S/C32H36ClF2N7O5.ClH/c1-7-24(43)38-16(2)29(44)41-27(32(3,4)5)31(46)42-12-8-9-22(42)30(45)40-21-13-17-20(14-23(21)47-6)36-15-37-28(17)39-19-11-10-18(34)25(33)26(19)35;/h7,10-11,13-16,22,27H,1,8-9,12H2,2-6H3,(H,38,43)(H,40,45)(H,41,44)(H,36,37,39);1H/t16-,22-,27+;/m0./s1. The quantitative estimate of drug-likeness (QED) is 0.172. The number of likely N-dealkylation sites (tertiary alicyclic amines) is 1. The minimum Gasteiger partial charge on any atom is -0.494 e. The lowest BCUT2D eigenvalue weighted by atomic mass is 9.85. The zero-order chi connectivity index (χ0) is 34.6. The lowest BCUT2D eigenvalue weighted by Gasteiger charge is -2.36. The first kappa shape index (κ1) is 37.9. The number of fused-ring (bicyclic) bond motifs is 1. The van der Waals surface area contributed by atoms with Gasteiger partial charge in [-0.05, 0) is 49.5 Å². The van der Waals surface area contributed by atoms with Crippen LogP contribution < -0.4 is 26.0 Å². The Balaban J connectivity index is 0.00000625. The van der Waals surface area contributed by atoms with Crippen LogP contribution in [0.5, 0.6) is 5.75 Å². The normalized spacial score (nSPS) is 15.5. The third-order valence-corrected chi connectivity index (χ3v) is 8.02. The largest absolute Gasteiger partial charge is 0.494 e. The Labute approximate surface area is 287 Å². The van der Waals surface area contributed by atoms with Gasteiger partial charge in [-0.3, -0.25) is 19.2 Å². The Morgan fingerprint density at radius 2 is 1.83 bits per heavy atom. The van der Waals surface area contributed by atoms with Crippen LogP contribution in [0, 0.1) is 17.0 Å². The summed E-state index contributed by atoms with van der Waals surface area (Å²) in [6, 6.07) is 2.47. The molecule has 1 aliphatic rings. The first-order valence-electron chi connectivity index (χ1n) is 14.7. The maximum absolute atomic E-state index is 14.7. The van der Waals surface area contributed by atoms with Crippen LogP contribution in [0.15, 0.2) is 43.2 Å². The van der Waals surface area contributed by atoms with Gasteiger partial charge in [-0.15, -0.1) is 12.4 Å². The molecule has 3 atom stereocenters. The smallest absolute Gasteiger partial charge is 0.247 e. The fourth-order valence-electron chi connectivity index (χ4n) is 5.14. The van der Waals surface area contributed by atoms with Gasteiger partial charge >= 0.3 is 0 Å². The number of rotatable bonds is 10. The summed E-state index contributed by atoms with van der Waals surface area (Å²) in [5.74, 6) is -3.56. The number of nitrogens with zero attached hydrogens (tertiary/aromatic N) is 3. The first-order valence-corrected chi connectivity index (χ1v) is 15.1. The van der Waals surface area contributed by atoms with E-state index in [1.807, 2.05) is 0 Å². The molecule has 12 nitrogen and oxygen atoms in total. The number of hydrogen-bond acceptors (Lipinski definition) is 8. The van der Waals surface area contributed by atoms with Gasteiger partial charge in [0, 0.05) is 18.0 Å². The summed E-state index contributed by atoms with van der Waals surface area (Å²) in [6.07, 6.45) is 3.19. The Bertz CT molecular complexity index is 1740. The SMILES string of the molecule is C=CC(=O)N[C@@H](C)C(=O)N[C@H](C(=O)N1CCC[C@H]1C(=O)Nc1cc2c(Nc3ccc(F)c(Cl)c3F)ncnc2cc1OC)C(C)(C)C.Cl. The average Bonchev–Trinajstić information content (AvgIpc) is 3.53. The summed E-state index contributed by atoms with van der Waals surface area (Å²) in [7, 11) is 1.41. The van der Waals surface area contributed by atoms with E-state index < -0.39 is 63.8 Å². The highest BCUT2D eigenvalue weighted by Crippen LogP contribution is 2.35. The summed E-state index contributed by atoms with van der Waals surface area (Å²) >= 11 is 5.74. The van der Waals surface area contributed by atoms with Gasteiger partial charge in [0.05, 0.1) is 24.0 Å². The van der Waals surface area contributed by atoms with Crippen molar-refractivity contribution in [3.05, 3.63) is 59.9 Å². The summed E-state index contributed by atoms with van der Waals surface area (Å²) in [4.78, 5) is 62.1. The van der Waals surface area contributed by atoms with Crippen LogP contribution in [0.3, 0.4) is 0 Å². The van der Waals surface area contributed by atoms with Gasteiger partial charge < -0.3 is 30.9 Å². The molecule has 48 heavy (non-hydrogen) atoms. The Kier molecular flexibility index (Phi) is 12.3. The van der Waals surface area contributed by atoms with Crippen LogP contribution in [-0.2, 0) is 19.2 Å². The van der Waals surface area contributed by atoms with E-state index >= 15 is 0 Å². The molecule has 0 radical (unpaired) electrons. The number of amides is 4. The number of hydrogen-bond donors (Lipinski definition) is 4. The minimum atomic E-state index is -1.01. The van der Waals surface area contributed by atoms with Gasteiger partial charge in [0.15, 0.2) is 5.82 Å². The minimum absolute atomic E-state index is 0. The van der Waals surface area contributed by atoms with Crippen molar-refractivity contribution in [1.82, 2.24) is 25.5 Å². The van der Waals surface area contributed by atoms with Gasteiger partial charge in [0.25, 0.3) is 0 Å². The van der Waals surface area contributed by atoms with E-state index in [4.69, 9.17) is 16.3 Å². The second kappa shape index (κ2) is 15.6. The molecule has 16 heteroatoms. The second-order valence-electron chi connectivity index (χ2n) is 12.1. The van der Waals surface area contributed by atoms with Crippen LogP contribution in [0.2, 0.25) is 5.02 Å². The highest BCUT2D eigenvalue weighted by atomic mass is 35.5. The highest BCUT2D eigenvalue weighted by molar-refractivity contribution is 6.31. The van der Waals surface area contributed by atoms with Crippen molar-refractivity contribution < 1.29 is 32.7 Å². The molecule has 4 rings (SSSR count). The van der Waals surface area contributed by atoms with Crippen molar-refractivity contribution in [2.24, 2.45) is 5.41 Å². The molecule has 4 N–H and O–H groups in total. The molecule has 4 amide bonds. The van der Waals surface area contributed by atoms with Crippen molar-refractivity contribution in [2.45, 2.75) is 58.7 Å². The summed E-state index contributed by atoms with van der Waals surface area (Å²) in [6.45, 7) is 10.5. The molecular weight excluding hydrogens is 671 g/mol. The van der Waals surface area contributed by atoms with Crippen molar-refractivity contribution in [2.75, 3.05) is 24.3 Å². The van der Waals surface area contributed by atoms with E-state index in [2.05, 4.69) is 37.8 Å². The van der Waals surface area contributed by atoms with Crippen LogP contribution in [0.1, 0.15) is 40.5 Å². The van der Waals surface area contributed by atoms with Gasteiger partial charge in [-0.2, -0.15) is 0 Å². The molecule has 1 fully saturated rings. The number of carbonyl (C=O) groups excluding carboxylic acids is 4. The molecular formula is C32H37Cl2F2N7O5. The number of carbonyl (C=O) groups is 4. The van der Waals surface area contributed by atoms with E-state index in [1.54, 1.807) is 26.8 Å². The van der Waals surface area contributed by atoms with E-state index in [0.717, 1.165) is 12.1 Å². The molecule has 0 saturated carbocycles. The maximum Gasteiger partial charge on any atom is 0.247 e. The summed E-state index contributed by atoms with van der Waals surface area (Å²) in [5, 5.41) is 10.5. The number of benzene rings is 2. The van der Waals surface area contributed by atoms with Crippen molar-refractivity contribution in [1.29, 1.82) is 0 Å². The first-order chi connectivity index (χ1) is 22.2. The van der Waals surface area contributed by atoms with Crippen LogP contribution in [-0.4, -0.2) is 70.3 Å². The lowest BCUT2D eigenvalue weighted by molar-refractivity contribution is -0.143. The van der Waals surface area contributed by atoms with Crippen LogP contribution in [0.4, 0.5) is 26.0 Å². The van der Waals surface area contributed by atoms with E-state index in [1.165, 1.54) is 37.4 Å². The molecule has 1 aliphatic heterocycles. The molecule has 0 aliphatic carbocycles. The van der Waals surface area contributed by atoms with E-state index in [0.29, 0.717) is 23.7 Å². The summed E-state index contributed by atoms with van der Waals surface area (Å²) in [5.41, 5.74) is -0.244. The molecule has 0 spiro atoms. The molecule has 1 aromatic heterocycles. The van der Waals surface area contributed by atoms with Gasteiger partial charge in [-0.25, -0.2) is 18.7 Å². The molecule has 258 valence electrons. The van der Waals surface area contributed by atoms with Crippen LogP contribution >= 0.6 is 24.0 Å². The predicted molar refractivity (Wildman–Crippen MR) is 181 cm³/mol. The lowest BCUT2D eigenvalue weighted by Crippen LogP contribution is -2.59. The Morgan fingerprint density at radius 3 is 2.48 bits per heavy atom. The fraction of sp³-hybridized carbons (Fsp3) is 0.375. The third-order valence-electron chi connectivity index (χ3n) is 7.68. The zero-order valence-electron chi connectivity index (χ0n) is 26.9. The van der Waals surface area contributed by atoms with Crippen molar-refractivity contribution in [3.8, 4) is 5.75 Å². The Hall–Kier alpha value is -4.56. The van der Waals surface area contributed by atoms with E-state index in [-0.39, 0.29) is 41.9 Å². The number of ether oxygens (including phenoxy) is 1. The van der Waals surface area contributed by atoms with Gasteiger partial charge in [0.2, 0.25) is 23.6 Å². The number of anilines is 3. The van der Waals surface area contributed by atoms with Crippen molar-refractivity contribution in [3.63, 3.8) is 0 Å². The topological polar surface area (TPSA) is 155 Å². The fourth-order valence-corrected chi connectivity index (χ4v) is 5.30. The van der Waals surface area contributed by atoms with Gasteiger partial charge in [0.1, 0.15) is 46.9 Å². The third kappa shape index (κ3) is 8.29. The zero-order valence-corrected chi connectivity index (χ0v) is 28.5. The molecule has 3 aromatic rings. The monoisotopic (exact) mass is 707 g/mol. The Morgan fingerprint density at radius 1 is 1.12 bits per heavy atom. The predicted octanol–water partition coefficient (Wildman–Crippen LogP) is 4.89. The number of halogens is 4. The average molecular weight is 709 g/mol. The molecule has 0 bridgehead atoms. The second-order valence-corrected chi connectivity index (χ2v) is 12.4.